The number of carbonyl (C=O) groups is 2. The monoisotopic (exact) mass is 274 g/mol. The van der Waals surface area contributed by atoms with E-state index >= 15 is 0 Å². The van der Waals surface area contributed by atoms with E-state index in [1.165, 1.54) is 0 Å². The minimum absolute atomic E-state index is 0.228. The highest BCUT2D eigenvalue weighted by Crippen LogP contribution is 2.15. The molecule has 1 unspecified atom stereocenters. The fourth-order valence-electron chi connectivity index (χ4n) is 2.12. The number of aromatic nitrogens is 1. The van der Waals surface area contributed by atoms with Crippen LogP contribution in [0, 0.1) is 0 Å². The highest BCUT2D eigenvalue weighted by atomic mass is 16.4. The Hall–Kier alpha value is -2.30. The number of hydrogen-bond donors (Lipinski definition) is 3. The van der Waals surface area contributed by atoms with Gasteiger partial charge in [0.1, 0.15) is 6.04 Å². The summed E-state index contributed by atoms with van der Waals surface area (Å²) in [6.07, 6.45) is 3.15. The number of rotatable bonds is 6. The van der Waals surface area contributed by atoms with Gasteiger partial charge in [0, 0.05) is 18.1 Å². The Morgan fingerprint density at radius 1 is 1.35 bits per heavy atom. The number of carbonyl (C=O) groups excluding carboxylic acids is 1. The molecule has 0 saturated heterocycles. The van der Waals surface area contributed by atoms with Crippen molar-refractivity contribution in [1.82, 2.24) is 10.3 Å². The number of carboxylic acids is 1. The van der Waals surface area contributed by atoms with Crippen molar-refractivity contribution in [3.05, 3.63) is 36.0 Å². The Bertz CT molecular complexity index is 618. The molecule has 1 atom stereocenters. The number of aromatic amines is 1. The molecule has 1 aromatic carbocycles. The minimum Gasteiger partial charge on any atom is -0.480 e. The lowest BCUT2D eigenvalue weighted by molar-refractivity contribution is -0.141. The van der Waals surface area contributed by atoms with Crippen LogP contribution in [0.15, 0.2) is 30.5 Å². The molecule has 1 amide bonds. The van der Waals surface area contributed by atoms with E-state index in [9.17, 15) is 9.59 Å². The molecule has 1 heterocycles. The Morgan fingerprint density at radius 2 is 2.15 bits per heavy atom. The molecule has 106 valence electrons. The molecule has 0 spiro atoms. The topological polar surface area (TPSA) is 82.2 Å². The lowest BCUT2D eigenvalue weighted by Gasteiger charge is -2.12. The molecule has 3 N–H and O–H groups in total. The molecule has 0 aliphatic rings. The van der Waals surface area contributed by atoms with Gasteiger partial charge in [-0.1, -0.05) is 13.0 Å². The van der Waals surface area contributed by atoms with Gasteiger partial charge in [0.15, 0.2) is 0 Å². The van der Waals surface area contributed by atoms with E-state index in [-0.39, 0.29) is 5.91 Å². The van der Waals surface area contributed by atoms with Gasteiger partial charge in [-0.3, -0.25) is 4.79 Å². The van der Waals surface area contributed by atoms with Crippen LogP contribution in [0.5, 0.6) is 0 Å². The van der Waals surface area contributed by atoms with Crippen LogP contribution in [-0.2, 0) is 16.0 Å². The maximum atomic E-state index is 11.7. The second-order valence-electron chi connectivity index (χ2n) is 4.77. The van der Waals surface area contributed by atoms with Crippen molar-refractivity contribution < 1.29 is 14.7 Å². The summed E-state index contributed by atoms with van der Waals surface area (Å²) in [6, 6.07) is 7.17. The quantitative estimate of drug-likeness (QED) is 0.754. The first kappa shape index (κ1) is 14.1. The SMILES string of the molecule is CCC(NC(=O)CCc1ccc2[nH]ccc2c1)C(=O)O. The van der Waals surface area contributed by atoms with Crippen LogP contribution in [0.1, 0.15) is 25.3 Å². The van der Waals surface area contributed by atoms with Crippen molar-refractivity contribution in [2.75, 3.05) is 0 Å². The van der Waals surface area contributed by atoms with Crippen LogP contribution in [0.4, 0.5) is 0 Å². The number of benzene rings is 1. The first-order valence-electron chi connectivity index (χ1n) is 6.68. The van der Waals surface area contributed by atoms with E-state index in [1.807, 2.05) is 30.5 Å². The molecule has 2 rings (SSSR count). The smallest absolute Gasteiger partial charge is 0.326 e. The van der Waals surface area contributed by atoms with Crippen molar-refractivity contribution in [3.63, 3.8) is 0 Å². The van der Waals surface area contributed by atoms with Crippen molar-refractivity contribution >= 4 is 22.8 Å². The molecule has 20 heavy (non-hydrogen) atoms. The summed E-state index contributed by atoms with van der Waals surface area (Å²) in [5, 5.41) is 12.5. The average Bonchev–Trinajstić information content (AvgIpc) is 2.89. The number of nitrogens with one attached hydrogen (secondary N) is 2. The van der Waals surface area contributed by atoms with Gasteiger partial charge in [0.2, 0.25) is 5.91 Å². The van der Waals surface area contributed by atoms with Crippen LogP contribution in [0.2, 0.25) is 0 Å². The Kier molecular flexibility index (Phi) is 4.40. The van der Waals surface area contributed by atoms with Gasteiger partial charge in [-0.05, 0) is 42.0 Å². The Morgan fingerprint density at radius 3 is 2.85 bits per heavy atom. The normalized spacial score (nSPS) is 12.2. The highest BCUT2D eigenvalue weighted by Gasteiger charge is 2.17. The first-order chi connectivity index (χ1) is 9.60. The van der Waals surface area contributed by atoms with E-state index in [2.05, 4.69) is 10.3 Å². The predicted octanol–water partition coefficient (Wildman–Crippen LogP) is 2.08. The zero-order chi connectivity index (χ0) is 14.5. The van der Waals surface area contributed by atoms with Crippen LogP contribution >= 0.6 is 0 Å². The molecule has 0 aliphatic heterocycles. The van der Waals surface area contributed by atoms with Gasteiger partial charge in [-0.15, -0.1) is 0 Å². The number of carboxylic acid groups (broad SMARTS) is 1. The first-order valence-corrected chi connectivity index (χ1v) is 6.68. The third-order valence-corrected chi connectivity index (χ3v) is 3.30. The van der Waals surface area contributed by atoms with Crippen LogP contribution in [-0.4, -0.2) is 28.0 Å². The maximum Gasteiger partial charge on any atom is 0.326 e. The lowest BCUT2D eigenvalue weighted by atomic mass is 10.1. The van der Waals surface area contributed by atoms with E-state index < -0.39 is 12.0 Å². The standard InChI is InChI=1S/C15H18N2O3/c1-2-12(15(19)20)17-14(18)6-4-10-3-5-13-11(9-10)7-8-16-13/h3,5,7-9,12,16H,2,4,6H2,1H3,(H,17,18)(H,19,20). The second kappa shape index (κ2) is 6.23. The van der Waals surface area contributed by atoms with Gasteiger partial charge < -0.3 is 15.4 Å². The number of H-pyrrole nitrogens is 1. The fraction of sp³-hybridized carbons (Fsp3) is 0.333. The number of hydrogen-bond acceptors (Lipinski definition) is 2. The van der Waals surface area contributed by atoms with Crippen molar-refractivity contribution in [3.8, 4) is 0 Å². The van der Waals surface area contributed by atoms with E-state index in [0.717, 1.165) is 16.5 Å². The highest BCUT2D eigenvalue weighted by molar-refractivity contribution is 5.84. The Labute approximate surface area is 117 Å². The molecule has 0 aliphatic carbocycles. The van der Waals surface area contributed by atoms with Crippen LogP contribution < -0.4 is 5.32 Å². The molecule has 5 heteroatoms. The fourth-order valence-corrected chi connectivity index (χ4v) is 2.12. The zero-order valence-corrected chi connectivity index (χ0v) is 11.3. The molecule has 0 fully saturated rings. The molecule has 5 nitrogen and oxygen atoms in total. The maximum absolute atomic E-state index is 11.7. The molecule has 2 aromatic rings. The Balaban J connectivity index is 1.90. The lowest BCUT2D eigenvalue weighted by Crippen LogP contribution is -2.40. The van der Waals surface area contributed by atoms with Gasteiger partial charge in [0.05, 0.1) is 0 Å². The van der Waals surface area contributed by atoms with Gasteiger partial charge in [0.25, 0.3) is 0 Å². The van der Waals surface area contributed by atoms with Gasteiger partial charge in [-0.2, -0.15) is 0 Å². The average molecular weight is 274 g/mol. The van der Waals surface area contributed by atoms with Crippen molar-refractivity contribution in [2.45, 2.75) is 32.2 Å². The van der Waals surface area contributed by atoms with Crippen molar-refractivity contribution in [1.29, 1.82) is 0 Å². The summed E-state index contributed by atoms with van der Waals surface area (Å²) >= 11 is 0. The van der Waals surface area contributed by atoms with Crippen LogP contribution in [0.3, 0.4) is 0 Å². The molecule has 0 bridgehead atoms. The van der Waals surface area contributed by atoms with Gasteiger partial charge in [-0.25, -0.2) is 4.79 Å². The summed E-state index contributed by atoms with van der Waals surface area (Å²) in [5.74, 6) is -1.22. The van der Waals surface area contributed by atoms with E-state index in [0.29, 0.717) is 19.3 Å². The van der Waals surface area contributed by atoms with E-state index in [4.69, 9.17) is 5.11 Å². The number of amides is 1. The summed E-state index contributed by atoms with van der Waals surface area (Å²) in [6.45, 7) is 1.74. The summed E-state index contributed by atoms with van der Waals surface area (Å²) in [5.41, 5.74) is 2.13. The molecular weight excluding hydrogens is 256 g/mol. The molecule has 1 aromatic heterocycles. The molecule has 0 saturated carbocycles. The molecular formula is C15H18N2O3. The number of fused-ring (bicyclic) bond motifs is 1. The third-order valence-electron chi connectivity index (χ3n) is 3.30. The summed E-state index contributed by atoms with van der Waals surface area (Å²) in [7, 11) is 0. The third kappa shape index (κ3) is 3.38. The second-order valence-corrected chi connectivity index (χ2v) is 4.77. The van der Waals surface area contributed by atoms with Crippen molar-refractivity contribution in [2.24, 2.45) is 0 Å². The van der Waals surface area contributed by atoms with Crippen LogP contribution in [0.25, 0.3) is 10.9 Å². The number of aliphatic carboxylic acids is 1. The largest absolute Gasteiger partial charge is 0.480 e. The minimum atomic E-state index is -0.991. The van der Waals surface area contributed by atoms with Gasteiger partial charge >= 0.3 is 5.97 Å². The number of aryl methyl sites for hydroxylation is 1. The predicted molar refractivity (Wildman–Crippen MR) is 76.5 cm³/mol. The summed E-state index contributed by atoms with van der Waals surface area (Å²) in [4.78, 5) is 25.7. The zero-order valence-electron chi connectivity index (χ0n) is 11.3. The molecule has 0 radical (unpaired) electrons. The van der Waals surface area contributed by atoms with E-state index in [1.54, 1.807) is 6.92 Å². The summed E-state index contributed by atoms with van der Waals surface area (Å²) < 4.78 is 0.